The fourth-order valence-electron chi connectivity index (χ4n) is 2.84. The fraction of sp³-hybridized carbons (Fsp3) is 0.211. The number of halogens is 1. The van der Waals surface area contributed by atoms with Crippen molar-refractivity contribution in [1.82, 2.24) is 0 Å². The molecule has 0 aliphatic heterocycles. The molecule has 1 aromatic heterocycles. The molecule has 1 heterocycles. The first-order valence-corrected chi connectivity index (χ1v) is 9.54. The highest BCUT2D eigenvalue weighted by atomic mass is 35.5. The maximum Gasteiger partial charge on any atom is 0.340 e. The lowest BCUT2D eigenvalue weighted by Gasteiger charge is -2.13. The van der Waals surface area contributed by atoms with Crippen molar-refractivity contribution in [2.24, 2.45) is 5.73 Å². The lowest BCUT2D eigenvalue weighted by molar-refractivity contribution is 0.472. The number of phenolic OH excluding ortho intramolecular Hbond substituents is 1. The van der Waals surface area contributed by atoms with Crippen molar-refractivity contribution in [2.75, 3.05) is 10.5 Å². The van der Waals surface area contributed by atoms with E-state index in [-0.39, 0.29) is 12.3 Å². The van der Waals surface area contributed by atoms with Gasteiger partial charge in [-0.25, -0.2) is 4.79 Å². The van der Waals surface area contributed by atoms with Crippen LogP contribution in [0.1, 0.15) is 23.6 Å². The summed E-state index contributed by atoms with van der Waals surface area (Å²) in [6.07, 6.45) is 0.316. The molecule has 0 aliphatic carbocycles. The van der Waals surface area contributed by atoms with Gasteiger partial charge in [-0.3, -0.25) is 0 Å². The Hall–Kier alpha value is -2.15. The summed E-state index contributed by atoms with van der Waals surface area (Å²) < 4.78 is 8.59. The van der Waals surface area contributed by atoms with Crippen molar-refractivity contribution in [3.05, 3.63) is 68.5 Å². The molecule has 3 rings (SSSR count). The van der Waals surface area contributed by atoms with Crippen LogP contribution in [0.4, 0.5) is 5.69 Å². The Morgan fingerprint density at radius 3 is 2.81 bits per heavy atom. The predicted octanol–water partition coefficient (Wildman–Crippen LogP) is 4.28. The van der Waals surface area contributed by atoms with Gasteiger partial charge in [0.05, 0.1) is 10.7 Å². The van der Waals surface area contributed by atoms with Crippen molar-refractivity contribution in [2.45, 2.75) is 19.9 Å². The lowest BCUT2D eigenvalue weighted by atomic mass is 9.98. The van der Waals surface area contributed by atoms with Crippen molar-refractivity contribution in [1.29, 1.82) is 0 Å². The van der Waals surface area contributed by atoms with Crippen molar-refractivity contribution in [3.8, 4) is 5.75 Å². The van der Waals surface area contributed by atoms with Crippen molar-refractivity contribution in [3.63, 3.8) is 0 Å². The van der Waals surface area contributed by atoms with Gasteiger partial charge in [0.25, 0.3) is 0 Å². The summed E-state index contributed by atoms with van der Waals surface area (Å²) >= 11 is 8.05. The van der Waals surface area contributed by atoms with E-state index in [1.54, 1.807) is 24.1 Å². The standard InChI is InChI=1S/C19H19ClN2O3S/c1-2-26-22-16-5-3-4-11(18(16)20)8-14-15(10-21)13-7-6-12(23)9-17(13)25-19(14)24/h3-7,9,22-23H,2,8,10,21H2,1H3. The summed E-state index contributed by atoms with van der Waals surface area (Å²) in [4.78, 5) is 12.5. The summed E-state index contributed by atoms with van der Waals surface area (Å²) in [7, 11) is 0. The van der Waals surface area contributed by atoms with E-state index >= 15 is 0 Å². The van der Waals surface area contributed by atoms with Crippen LogP contribution in [-0.4, -0.2) is 10.9 Å². The van der Waals surface area contributed by atoms with E-state index in [9.17, 15) is 9.90 Å². The monoisotopic (exact) mass is 390 g/mol. The molecule has 136 valence electrons. The molecule has 0 saturated carbocycles. The van der Waals surface area contributed by atoms with Gasteiger partial charge < -0.3 is 20.0 Å². The molecule has 3 aromatic rings. The third kappa shape index (κ3) is 3.67. The number of phenols is 1. The zero-order chi connectivity index (χ0) is 18.7. The molecule has 0 unspecified atom stereocenters. The SMILES string of the molecule is CCSNc1cccc(Cc2c(CN)c3ccc(O)cc3oc2=O)c1Cl. The molecule has 0 fully saturated rings. The number of nitrogens with one attached hydrogen (secondary N) is 1. The average Bonchev–Trinajstić information content (AvgIpc) is 2.62. The highest BCUT2D eigenvalue weighted by Gasteiger charge is 2.16. The van der Waals surface area contributed by atoms with Gasteiger partial charge in [0.2, 0.25) is 0 Å². The van der Waals surface area contributed by atoms with Gasteiger partial charge in [-0.1, -0.05) is 42.6 Å². The maximum absolute atomic E-state index is 12.5. The minimum absolute atomic E-state index is 0.0339. The van der Waals surface area contributed by atoms with Crippen LogP contribution in [-0.2, 0) is 13.0 Å². The number of anilines is 1. The number of nitrogens with two attached hydrogens (primary N) is 1. The van der Waals surface area contributed by atoms with Gasteiger partial charge in [-0.05, 0) is 29.3 Å². The van der Waals surface area contributed by atoms with E-state index in [2.05, 4.69) is 4.72 Å². The van der Waals surface area contributed by atoms with Gasteiger partial charge in [0.15, 0.2) is 0 Å². The first kappa shape index (κ1) is 18.6. The zero-order valence-electron chi connectivity index (χ0n) is 14.2. The molecule has 0 bridgehead atoms. The second-order valence-electron chi connectivity index (χ2n) is 5.72. The smallest absolute Gasteiger partial charge is 0.340 e. The van der Waals surface area contributed by atoms with Crippen molar-refractivity contribution < 1.29 is 9.52 Å². The number of hydrogen-bond acceptors (Lipinski definition) is 6. The molecule has 0 aliphatic rings. The minimum atomic E-state index is -0.471. The summed E-state index contributed by atoms with van der Waals surface area (Å²) in [5.41, 5.74) is 8.57. The van der Waals surface area contributed by atoms with Crippen LogP contribution in [0, 0.1) is 0 Å². The van der Waals surface area contributed by atoms with E-state index in [0.717, 1.165) is 17.0 Å². The van der Waals surface area contributed by atoms with Crippen LogP contribution in [0.3, 0.4) is 0 Å². The molecule has 4 N–H and O–H groups in total. The van der Waals surface area contributed by atoms with Gasteiger partial charge in [0.1, 0.15) is 11.3 Å². The van der Waals surface area contributed by atoms with Gasteiger partial charge in [0, 0.05) is 35.7 Å². The highest BCUT2D eigenvalue weighted by Crippen LogP contribution is 2.31. The quantitative estimate of drug-likeness (QED) is 0.430. The Morgan fingerprint density at radius 2 is 2.08 bits per heavy atom. The molecular weight excluding hydrogens is 372 g/mol. The third-order valence-corrected chi connectivity index (χ3v) is 5.18. The first-order chi connectivity index (χ1) is 12.5. The van der Waals surface area contributed by atoms with E-state index in [1.807, 2.05) is 25.1 Å². The molecule has 0 atom stereocenters. The Morgan fingerprint density at radius 1 is 1.27 bits per heavy atom. The van der Waals surface area contributed by atoms with Crippen LogP contribution in [0.25, 0.3) is 11.0 Å². The van der Waals surface area contributed by atoms with E-state index in [1.165, 1.54) is 6.07 Å². The zero-order valence-corrected chi connectivity index (χ0v) is 15.8. The predicted molar refractivity (Wildman–Crippen MR) is 108 cm³/mol. The Kier molecular flexibility index (Phi) is 5.76. The average molecular weight is 391 g/mol. The topological polar surface area (TPSA) is 88.5 Å². The van der Waals surface area contributed by atoms with Crippen LogP contribution in [0.15, 0.2) is 45.6 Å². The normalized spacial score (nSPS) is 11.0. The second kappa shape index (κ2) is 8.03. The fourth-order valence-corrected chi connectivity index (χ4v) is 3.61. The summed E-state index contributed by atoms with van der Waals surface area (Å²) in [5, 5.41) is 10.9. The molecule has 2 aromatic carbocycles. The molecular formula is C19H19ClN2O3S. The van der Waals surface area contributed by atoms with Crippen LogP contribution in [0.5, 0.6) is 5.75 Å². The molecule has 7 heteroatoms. The molecule has 0 radical (unpaired) electrons. The van der Waals surface area contributed by atoms with E-state index in [4.69, 9.17) is 21.8 Å². The first-order valence-electron chi connectivity index (χ1n) is 8.18. The largest absolute Gasteiger partial charge is 0.508 e. The number of fused-ring (bicyclic) bond motifs is 1. The Balaban J connectivity index is 2.08. The minimum Gasteiger partial charge on any atom is -0.508 e. The summed E-state index contributed by atoms with van der Waals surface area (Å²) in [5.74, 6) is 0.936. The maximum atomic E-state index is 12.5. The van der Waals surface area contributed by atoms with Crippen LogP contribution < -0.4 is 16.1 Å². The number of aromatic hydroxyl groups is 1. The molecule has 26 heavy (non-hydrogen) atoms. The number of benzene rings is 2. The number of hydrogen-bond donors (Lipinski definition) is 3. The number of rotatable bonds is 6. The third-order valence-electron chi connectivity index (χ3n) is 4.08. The summed E-state index contributed by atoms with van der Waals surface area (Å²) in [6.45, 7) is 2.23. The molecule has 0 saturated heterocycles. The Bertz CT molecular complexity index is 1000. The van der Waals surface area contributed by atoms with Crippen molar-refractivity contribution >= 4 is 40.2 Å². The van der Waals surface area contributed by atoms with E-state index < -0.39 is 5.63 Å². The summed E-state index contributed by atoms with van der Waals surface area (Å²) in [6, 6.07) is 10.3. The molecule has 5 nitrogen and oxygen atoms in total. The van der Waals surface area contributed by atoms with Gasteiger partial charge in [-0.2, -0.15) is 0 Å². The van der Waals surface area contributed by atoms with Crippen LogP contribution >= 0.6 is 23.5 Å². The Labute approximate surface area is 160 Å². The lowest BCUT2D eigenvalue weighted by Crippen LogP contribution is -2.15. The molecule has 0 amide bonds. The van der Waals surface area contributed by atoms with Gasteiger partial charge in [-0.15, -0.1) is 0 Å². The van der Waals surface area contributed by atoms with Gasteiger partial charge >= 0.3 is 5.63 Å². The highest BCUT2D eigenvalue weighted by molar-refractivity contribution is 8.00. The van der Waals surface area contributed by atoms with E-state index in [0.29, 0.717) is 33.5 Å². The van der Waals surface area contributed by atoms with Crippen LogP contribution in [0.2, 0.25) is 5.02 Å². The molecule has 0 spiro atoms. The second-order valence-corrected chi connectivity index (χ2v) is 7.17.